The second-order valence-electron chi connectivity index (χ2n) is 2.47. The molecule has 1 fully saturated rings. The molecule has 4 nitrogen and oxygen atoms in total. The van der Waals surface area contributed by atoms with Crippen LogP contribution in [-0.4, -0.2) is 23.1 Å². The number of hydrogen-bond donors (Lipinski definition) is 0. The van der Waals surface area contributed by atoms with Gasteiger partial charge in [-0.25, -0.2) is 0 Å². The standard InChI is InChI=1S/C7H6O4/c1-3(8)6-4(9)2-5(10)7(6)11/h6H,2H2,1H3. The number of rotatable bonds is 1. The van der Waals surface area contributed by atoms with Gasteiger partial charge < -0.3 is 0 Å². The quantitative estimate of drug-likeness (QED) is 0.370. The zero-order valence-electron chi connectivity index (χ0n) is 5.92. The summed E-state index contributed by atoms with van der Waals surface area (Å²) in [6.07, 6.45) is -0.400. The number of hydrogen-bond acceptors (Lipinski definition) is 4. The van der Waals surface area contributed by atoms with Crippen LogP contribution in [0.5, 0.6) is 0 Å². The summed E-state index contributed by atoms with van der Waals surface area (Å²) < 4.78 is 0. The third kappa shape index (κ3) is 1.11. The van der Waals surface area contributed by atoms with Gasteiger partial charge in [0, 0.05) is 0 Å². The summed E-state index contributed by atoms with van der Waals surface area (Å²) >= 11 is 0. The summed E-state index contributed by atoms with van der Waals surface area (Å²) in [4.78, 5) is 42.7. The Hall–Kier alpha value is -1.32. The van der Waals surface area contributed by atoms with Crippen molar-refractivity contribution in [3.8, 4) is 0 Å². The normalized spacial score (nSPS) is 24.5. The highest BCUT2D eigenvalue weighted by atomic mass is 16.2. The van der Waals surface area contributed by atoms with Gasteiger partial charge in [-0.2, -0.15) is 0 Å². The molecule has 58 valence electrons. The summed E-state index contributed by atoms with van der Waals surface area (Å²) in [6.45, 7) is 1.14. The van der Waals surface area contributed by atoms with E-state index < -0.39 is 35.5 Å². The van der Waals surface area contributed by atoms with Crippen LogP contribution in [-0.2, 0) is 19.2 Å². The van der Waals surface area contributed by atoms with Crippen molar-refractivity contribution in [2.75, 3.05) is 0 Å². The zero-order valence-corrected chi connectivity index (χ0v) is 5.92. The number of ketones is 4. The first-order valence-corrected chi connectivity index (χ1v) is 3.14. The third-order valence-electron chi connectivity index (χ3n) is 1.60. The fourth-order valence-electron chi connectivity index (χ4n) is 1.07. The highest BCUT2D eigenvalue weighted by molar-refractivity contribution is 6.54. The topological polar surface area (TPSA) is 68.3 Å². The molecule has 0 aromatic carbocycles. The Labute approximate surface area is 62.6 Å². The van der Waals surface area contributed by atoms with Crippen LogP contribution in [0.25, 0.3) is 0 Å². The lowest BCUT2D eigenvalue weighted by molar-refractivity contribution is -0.139. The predicted octanol–water partition coefficient (Wildman–Crippen LogP) is -0.697. The van der Waals surface area contributed by atoms with Crippen molar-refractivity contribution in [1.29, 1.82) is 0 Å². The molecule has 1 aliphatic rings. The molecule has 0 saturated heterocycles. The summed E-state index contributed by atoms with van der Waals surface area (Å²) in [5, 5.41) is 0. The van der Waals surface area contributed by atoms with E-state index in [2.05, 4.69) is 0 Å². The fourth-order valence-corrected chi connectivity index (χ4v) is 1.07. The molecule has 1 saturated carbocycles. The molecule has 0 bridgehead atoms. The van der Waals surface area contributed by atoms with Crippen LogP contribution < -0.4 is 0 Å². The van der Waals surface area contributed by atoms with Gasteiger partial charge in [0.05, 0.1) is 6.42 Å². The molecule has 0 aliphatic heterocycles. The summed E-state index contributed by atoms with van der Waals surface area (Å²) in [7, 11) is 0. The van der Waals surface area contributed by atoms with Gasteiger partial charge in [-0.1, -0.05) is 0 Å². The van der Waals surface area contributed by atoms with E-state index in [1.54, 1.807) is 0 Å². The van der Waals surface area contributed by atoms with Gasteiger partial charge in [0.1, 0.15) is 11.7 Å². The predicted molar refractivity (Wildman–Crippen MR) is 33.8 cm³/mol. The lowest BCUT2D eigenvalue weighted by atomic mass is 10.0. The van der Waals surface area contributed by atoms with Crippen molar-refractivity contribution in [3.63, 3.8) is 0 Å². The Bertz CT molecular complexity index is 264. The van der Waals surface area contributed by atoms with Crippen molar-refractivity contribution >= 4 is 23.1 Å². The van der Waals surface area contributed by atoms with Gasteiger partial charge >= 0.3 is 0 Å². The van der Waals surface area contributed by atoms with E-state index in [1.807, 2.05) is 0 Å². The van der Waals surface area contributed by atoms with Crippen LogP contribution in [0.2, 0.25) is 0 Å². The zero-order chi connectivity index (χ0) is 8.59. The van der Waals surface area contributed by atoms with E-state index in [4.69, 9.17) is 0 Å². The van der Waals surface area contributed by atoms with Crippen molar-refractivity contribution in [1.82, 2.24) is 0 Å². The van der Waals surface area contributed by atoms with E-state index in [1.165, 1.54) is 0 Å². The monoisotopic (exact) mass is 154 g/mol. The molecule has 0 heterocycles. The van der Waals surface area contributed by atoms with Gasteiger partial charge in [-0.05, 0) is 6.92 Å². The second-order valence-corrected chi connectivity index (χ2v) is 2.47. The minimum atomic E-state index is -1.29. The minimum Gasteiger partial charge on any atom is -0.299 e. The van der Waals surface area contributed by atoms with Crippen LogP contribution in [0.1, 0.15) is 13.3 Å². The van der Waals surface area contributed by atoms with Crippen molar-refractivity contribution in [2.24, 2.45) is 5.92 Å². The van der Waals surface area contributed by atoms with Gasteiger partial charge in [-0.3, -0.25) is 19.2 Å². The highest BCUT2D eigenvalue weighted by Crippen LogP contribution is 2.15. The molecule has 0 spiro atoms. The molecule has 11 heavy (non-hydrogen) atoms. The molecule has 0 amide bonds. The Kier molecular flexibility index (Phi) is 1.68. The Morgan fingerprint density at radius 3 is 2.09 bits per heavy atom. The van der Waals surface area contributed by atoms with Crippen LogP contribution in [0.3, 0.4) is 0 Å². The first-order valence-electron chi connectivity index (χ1n) is 3.14. The van der Waals surface area contributed by atoms with Crippen molar-refractivity contribution in [2.45, 2.75) is 13.3 Å². The average Bonchev–Trinajstić information content (AvgIpc) is 2.07. The van der Waals surface area contributed by atoms with Gasteiger partial charge in [0.15, 0.2) is 5.78 Å². The first-order chi connectivity index (χ1) is 5.04. The van der Waals surface area contributed by atoms with Crippen LogP contribution in [0.4, 0.5) is 0 Å². The van der Waals surface area contributed by atoms with E-state index in [0.717, 1.165) is 6.92 Å². The second kappa shape index (κ2) is 2.38. The summed E-state index contributed by atoms with van der Waals surface area (Å²) in [5.41, 5.74) is 0. The Balaban J connectivity index is 2.98. The van der Waals surface area contributed by atoms with E-state index >= 15 is 0 Å². The lowest BCUT2D eigenvalue weighted by Crippen LogP contribution is -2.24. The fraction of sp³-hybridized carbons (Fsp3) is 0.429. The molecule has 1 unspecified atom stereocenters. The third-order valence-corrected chi connectivity index (χ3v) is 1.60. The number of carbonyl (C=O) groups excluding carboxylic acids is 4. The Morgan fingerprint density at radius 2 is 1.91 bits per heavy atom. The minimum absolute atomic E-state index is 0.400. The molecule has 1 aliphatic carbocycles. The van der Waals surface area contributed by atoms with E-state index in [0.29, 0.717) is 0 Å². The maximum atomic E-state index is 10.8. The van der Waals surface area contributed by atoms with Gasteiger partial charge in [0.25, 0.3) is 0 Å². The van der Waals surface area contributed by atoms with Gasteiger partial charge in [-0.15, -0.1) is 0 Å². The van der Waals surface area contributed by atoms with Crippen LogP contribution in [0, 0.1) is 5.92 Å². The molecule has 4 heteroatoms. The summed E-state index contributed by atoms with van der Waals surface area (Å²) in [6, 6.07) is 0. The molecule has 1 atom stereocenters. The number of carbonyl (C=O) groups is 4. The maximum Gasteiger partial charge on any atom is 0.216 e. The maximum absolute atomic E-state index is 10.8. The van der Waals surface area contributed by atoms with Crippen molar-refractivity contribution in [3.05, 3.63) is 0 Å². The van der Waals surface area contributed by atoms with E-state index in [-0.39, 0.29) is 0 Å². The van der Waals surface area contributed by atoms with Crippen LogP contribution >= 0.6 is 0 Å². The van der Waals surface area contributed by atoms with E-state index in [9.17, 15) is 19.2 Å². The molecule has 0 aromatic rings. The molecule has 0 aromatic heterocycles. The lowest BCUT2D eigenvalue weighted by Gasteiger charge is -1.96. The smallest absolute Gasteiger partial charge is 0.216 e. The largest absolute Gasteiger partial charge is 0.299 e. The molecule has 1 rings (SSSR count). The molecule has 0 N–H and O–H groups in total. The molecular formula is C7H6O4. The van der Waals surface area contributed by atoms with Crippen LogP contribution in [0.15, 0.2) is 0 Å². The summed E-state index contributed by atoms with van der Waals surface area (Å²) in [5.74, 6) is -3.97. The van der Waals surface area contributed by atoms with Gasteiger partial charge in [0.2, 0.25) is 11.6 Å². The van der Waals surface area contributed by atoms with Crippen molar-refractivity contribution < 1.29 is 19.2 Å². The highest BCUT2D eigenvalue weighted by Gasteiger charge is 2.42. The molecule has 0 radical (unpaired) electrons. The molecular weight excluding hydrogens is 148 g/mol. The number of Topliss-reactive ketones (excluding diaryl/α,β-unsaturated/α-hetero) is 4. The first kappa shape index (κ1) is 7.78. The SMILES string of the molecule is CC(=O)C1C(=O)CC(=O)C1=O. The Morgan fingerprint density at radius 1 is 1.36 bits per heavy atom. The average molecular weight is 154 g/mol.